The van der Waals surface area contributed by atoms with Crippen molar-refractivity contribution in [2.45, 2.75) is 58.8 Å². The predicted octanol–water partition coefficient (Wildman–Crippen LogP) is 4.50. The van der Waals surface area contributed by atoms with Crippen molar-refractivity contribution in [2.75, 3.05) is 0 Å². The van der Waals surface area contributed by atoms with Crippen molar-refractivity contribution in [1.82, 2.24) is 0 Å². The summed E-state index contributed by atoms with van der Waals surface area (Å²) >= 11 is 0. The van der Waals surface area contributed by atoms with E-state index in [4.69, 9.17) is 0 Å². The lowest BCUT2D eigenvalue weighted by atomic mass is 9.80. The lowest BCUT2D eigenvalue weighted by molar-refractivity contribution is -0.126. The first-order valence-corrected chi connectivity index (χ1v) is 7.09. The van der Waals surface area contributed by atoms with Gasteiger partial charge in [0.1, 0.15) is 5.78 Å². The number of rotatable bonds is 4. The van der Waals surface area contributed by atoms with Gasteiger partial charge >= 0.3 is 0 Å². The minimum absolute atomic E-state index is 0.203. The Bertz CT molecular complexity index is 404. The minimum atomic E-state index is -0.203. The van der Waals surface area contributed by atoms with Crippen molar-refractivity contribution in [2.24, 2.45) is 5.41 Å². The summed E-state index contributed by atoms with van der Waals surface area (Å²) in [7, 11) is 0. The molecule has 0 aromatic heterocycles. The molecule has 0 spiro atoms. The zero-order chi connectivity index (χ0) is 13.2. The van der Waals surface area contributed by atoms with Crippen LogP contribution in [0, 0.1) is 5.41 Å². The van der Waals surface area contributed by atoms with Gasteiger partial charge in [0.05, 0.1) is 0 Å². The number of ketones is 1. The molecular weight excluding hydrogens is 220 g/mol. The second-order valence-corrected chi connectivity index (χ2v) is 6.54. The first-order valence-electron chi connectivity index (χ1n) is 7.09. The Morgan fingerprint density at radius 2 is 1.78 bits per heavy atom. The molecule has 1 fully saturated rings. The lowest BCUT2D eigenvalue weighted by Gasteiger charge is -2.25. The molecule has 1 aliphatic rings. The molecule has 1 aromatic carbocycles. The number of carbonyl (C=O) groups is 1. The summed E-state index contributed by atoms with van der Waals surface area (Å²) in [5.41, 5.74) is 2.56. The fourth-order valence-electron chi connectivity index (χ4n) is 2.33. The predicted molar refractivity (Wildman–Crippen MR) is 75.8 cm³/mol. The monoisotopic (exact) mass is 244 g/mol. The Balaban J connectivity index is 1.88. The molecule has 0 heterocycles. The van der Waals surface area contributed by atoms with Crippen LogP contribution in [0.1, 0.15) is 63.5 Å². The van der Waals surface area contributed by atoms with Gasteiger partial charge in [0.15, 0.2) is 0 Å². The molecular formula is C17H24O. The van der Waals surface area contributed by atoms with Crippen LogP contribution in [0.15, 0.2) is 24.3 Å². The number of hydrogen-bond donors (Lipinski definition) is 0. The average molecular weight is 244 g/mol. The molecule has 18 heavy (non-hydrogen) atoms. The van der Waals surface area contributed by atoms with Gasteiger partial charge in [-0.05, 0) is 36.3 Å². The van der Waals surface area contributed by atoms with Crippen molar-refractivity contribution in [3.63, 3.8) is 0 Å². The van der Waals surface area contributed by atoms with Crippen LogP contribution in [-0.2, 0) is 11.2 Å². The number of carbonyl (C=O) groups excluding carboxylic acids is 1. The molecule has 0 bridgehead atoms. The molecule has 0 unspecified atom stereocenters. The molecule has 0 saturated heterocycles. The van der Waals surface area contributed by atoms with Crippen molar-refractivity contribution in [3.8, 4) is 0 Å². The smallest absolute Gasteiger partial charge is 0.138 e. The maximum atomic E-state index is 11.9. The van der Waals surface area contributed by atoms with Crippen LogP contribution in [0.25, 0.3) is 0 Å². The van der Waals surface area contributed by atoms with Crippen LogP contribution < -0.4 is 0 Å². The molecule has 0 radical (unpaired) electrons. The summed E-state index contributed by atoms with van der Waals surface area (Å²) < 4.78 is 0. The van der Waals surface area contributed by atoms with Crippen molar-refractivity contribution >= 4 is 5.78 Å². The zero-order valence-electron chi connectivity index (χ0n) is 11.8. The van der Waals surface area contributed by atoms with E-state index in [0.717, 1.165) is 12.3 Å². The van der Waals surface area contributed by atoms with E-state index in [1.54, 1.807) is 0 Å². The number of hydrogen-bond acceptors (Lipinski definition) is 1. The number of aryl methyl sites for hydroxylation is 1. The Morgan fingerprint density at radius 1 is 1.17 bits per heavy atom. The van der Waals surface area contributed by atoms with Crippen LogP contribution in [0.5, 0.6) is 0 Å². The quantitative estimate of drug-likeness (QED) is 0.762. The van der Waals surface area contributed by atoms with Gasteiger partial charge in [0.25, 0.3) is 0 Å². The highest BCUT2D eigenvalue weighted by molar-refractivity contribution is 5.83. The molecule has 0 atom stereocenters. The Morgan fingerprint density at radius 3 is 2.22 bits per heavy atom. The highest BCUT2D eigenvalue weighted by Crippen LogP contribution is 2.36. The van der Waals surface area contributed by atoms with Crippen LogP contribution in [0.3, 0.4) is 0 Å². The van der Waals surface area contributed by atoms with Crippen LogP contribution in [-0.4, -0.2) is 5.78 Å². The molecule has 0 N–H and O–H groups in total. The van der Waals surface area contributed by atoms with Gasteiger partial charge in [-0.1, -0.05) is 51.5 Å². The van der Waals surface area contributed by atoms with Gasteiger partial charge in [-0.15, -0.1) is 0 Å². The molecule has 1 aromatic rings. The largest absolute Gasteiger partial charge is 0.299 e. The molecule has 1 nitrogen and oxygen atoms in total. The maximum absolute atomic E-state index is 11.9. The fourth-order valence-corrected chi connectivity index (χ4v) is 2.33. The van der Waals surface area contributed by atoms with Crippen molar-refractivity contribution in [3.05, 3.63) is 35.4 Å². The lowest BCUT2D eigenvalue weighted by Crippen LogP contribution is -2.20. The van der Waals surface area contributed by atoms with Gasteiger partial charge in [-0.2, -0.15) is 0 Å². The topological polar surface area (TPSA) is 17.1 Å². The molecule has 1 heteroatoms. The zero-order valence-corrected chi connectivity index (χ0v) is 11.8. The normalized spacial score (nSPS) is 16.4. The average Bonchev–Trinajstić information content (AvgIpc) is 2.24. The van der Waals surface area contributed by atoms with E-state index in [1.807, 2.05) is 20.8 Å². The van der Waals surface area contributed by atoms with Gasteiger partial charge < -0.3 is 0 Å². The molecule has 0 amide bonds. The number of benzene rings is 1. The first kappa shape index (κ1) is 13.3. The van der Waals surface area contributed by atoms with Crippen LogP contribution in [0.4, 0.5) is 0 Å². The standard InChI is InChI=1S/C17H24O/c1-17(2,3)16(18)12-9-13-7-10-15(11-8-13)14-5-4-6-14/h7-8,10-11,14H,4-6,9,12H2,1-3H3. The van der Waals surface area contributed by atoms with Crippen molar-refractivity contribution in [1.29, 1.82) is 0 Å². The van der Waals surface area contributed by atoms with Gasteiger partial charge in [-0.25, -0.2) is 0 Å². The Hall–Kier alpha value is -1.11. The maximum Gasteiger partial charge on any atom is 0.138 e. The van der Waals surface area contributed by atoms with Crippen LogP contribution in [0.2, 0.25) is 0 Å². The van der Waals surface area contributed by atoms with Crippen molar-refractivity contribution < 1.29 is 4.79 Å². The summed E-state index contributed by atoms with van der Waals surface area (Å²) in [4.78, 5) is 11.9. The Kier molecular flexibility index (Phi) is 3.89. The molecule has 0 aliphatic heterocycles. The highest BCUT2D eigenvalue weighted by atomic mass is 16.1. The van der Waals surface area contributed by atoms with E-state index in [1.165, 1.54) is 30.4 Å². The first-order chi connectivity index (χ1) is 8.47. The SMILES string of the molecule is CC(C)(C)C(=O)CCc1ccc(C2CCC2)cc1. The molecule has 2 rings (SSSR count). The summed E-state index contributed by atoms with van der Waals surface area (Å²) in [6.07, 6.45) is 5.61. The third-order valence-electron chi connectivity index (χ3n) is 4.03. The number of Topliss-reactive ketones (excluding diaryl/α,β-unsaturated/α-hetero) is 1. The second-order valence-electron chi connectivity index (χ2n) is 6.54. The van der Waals surface area contributed by atoms with E-state index in [2.05, 4.69) is 24.3 Å². The summed E-state index contributed by atoms with van der Waals surface area (Å²) in [6.45, 7) is 5.99. The highest BCUT2D eigenvalue weighted by Gasteiger charge is 2.21. The fraction of sp³-hybridized carbons (Fsp3) is 0.588. The second kappa shape index (κ2) is 5.26. The van der Waals surface area contributed by atoms with E-state index >= 15 is 0 Å². The summed E-state index contributed by atoms with van der Waals surface area (Å²) in [6, 6.07) is 8.90. The third-order valence-corrected chi connectivity index (χ3v) is 4.03. The van der Waals surface area contributed by atoms with E-state index in [-0.39, 0.29) is 5.41 Å². The molecule has 98 valence electrons. The van der Waals surface area contributed by atoms with Gasteiger partial charge in [0, 0.05) is 11.8 Å². The van der Waals surface area contributed by atoms with E-state index in [9.17, 15) is 4.79 Å². The third kappa shape index (κ3) is 3.22. The van der Waals surface area contributed by atoms with Crippen LogP contribution >= 0.6 is 0 Å². The van der Waals surface area contributed by atoms with E-state index in [0.29, 0.717) is 12.2 Å². The van der Waals surface area contributed by atoms with Gasteiger partial charge in [-0.3, -0.25) is 4.79 Å². The Labute approximate surface area is 111 Å². The molecule has 1 saturated carbocycles. The van der Waals surface area contributed by atoms with E-state index < -0.39 is 0 Å². The van der Waals surface area contributed by atoms with Gasteiger partial charge in [0.2, 0.25) is 0 Å². The summed E-state index contributed by atoms with van der Waals surface area (Å²) in [5, 5.41) is 0. The summed E-state index contributed by atoms with van der Waals surface area (Å²) in [5.74, 6) is 1.15. The minimum Gasteiger partial charge on any atom is -0.299 e. The molecule has 1 aliphatic carbocycles.